The topological polar surface area (TPSA) is 41.4 Å². The number of rotatable bonds is 3. The standard InChI is InChI=1S/C21H20ClFN4O/c1-15-13-20(27(24-15)16-5-3-2-4-6-16)21(28)26-11-9-25(10-12-26)17-7-8-19(23)18(22)14-17/h2-8,13-14H,9-12H2,1H3. The van der Waals surface area contributed by atoms with Gasteiger partial charge in [0, 0.05) is 31.9 Å². The van der Waals surface area contributed by atoms with Crippen molar-refractivity contribution in [2.24, 2.45) is 0 Å². The monoisotopic (exact) mass is 398 g/mol. The number of piperazine rings is 1. The zero-order chi connectivity index (χ0) is 19.7. The Bertz CT molecular complexity index is 997. The van der Waals surface area contributed by atoms with Crippen LogP contribution in [0.2, 0.25) is 5.02 Å². The van der Waals surface area contributed by atoms with Gasteiger partial charge in [-0.1, -0.05) is 29.8 Å². The Balaban J connectivity index is 1.50. The number of carbonyl (C=O) groups excluding carboxylic acids is 1. The van der Waals surface area contributed by atoms with Gasteiger partial charge in [-0.2, -0.15) is 5.10 Å². The summed E-state index contributed by atoms with van der Waals surface area (Å²) in [6, 6.07) is 16.2. The van der Waals surface area contributed by atoms with Gasteiger partial charge in [0.05, 0.1) is 16.4 Å². The summed E-state index contributed by atoms with van der Waals surface area (Å²) in [5, 5.41) is 4.60. The number of hydrogen-bond donors (Lipinski definition) is 0. The van der Waals surface area contributed by atoms with Gasteiger partial charge in [-0.05, 0) is 43.3 Å². The number of carbonyl (C=O) groups is 1. The SMILES string of the molecule is Cc1cc(C(=O)N2CCN(c3ccc(F)c(Cl)c3)CC2)n(-c2ccccc2)n1. The summed E-state index contributed by atoms with van der Waals surface area (Å²) in [7, 11) is 0. The molecule has 1 aliphatic heterocycles. The first-order valence-electron chi connectivity index (χ1n) is 9.14. The van der Waals surface area contributed by atoms with Crippen molar-refractivity contribution in [1.29, 1.82) is 0 Å². The lowest BCUT2D eigenvalue weighted by Crippen LogP contribution is -2.49. The van der Waals surface area contributed by atoms with Gasteiger partial charge < -0.3 is 9.80 Å². The Morgan fingerprint density at radius 1 is 1.00 bits per heavy atom. The van der Waals surface area contributed by atoms with Crippen LogP contribution in [-0.4, -0.2) is 46.8 Å². The molecule has 0 saturated carbocycles. The molecule has 3 aromatic rings. The third-order valence-corrected chi connectivity index (χ3v) is 5.18. The molecule has 0 spiro atoms. The van der Waals surface area contributed by atoms with E-state index in [1.807, 2.05) is 48.2 Å². The summed E-state index contributed by atoms with van der Waals surface area (Å²) in [5.74, 6) is -0.468. The minimum absolute atomic E-state index is 0.0405. The molecular weight excluding hydrogens is 379 g/mol. The molecule has 0 aliphatic carbocycles. The van der Waals surface area contributed by atoms with Gasteiger partial charge in [-0.15, -0.1) is 0 Å². The molecule has 1 fully saturated rings. The molecule has 1 amide bonds. The summed E-state index contributed by atoms with van der Waals surface area (Å²) >= 11 is 5.89. The molecule has 0 atom stereocenters. The molecule has 1 aromatic heterocycles. The van der Waals surface area contributed by atoms with Crippen molar-refractivity contribution in [2.75, 3.05) is 31.1 Å². The third-order valence-electron chi connectivity index (χ3n) is 4.89. The molecular formula is C21H20ClFN4O. The van der Waals surface area contributed by atoms with E-state index in [2.05, 4.69) is 10.00 Å². The highest BCUT2D eigenvalue weighted by atomic mass is 35.5. The van der Waals surface area contributed by atoms with Crippen molar-refractivity contribution in [3.63, 3.8) is 0 Å². The molecule has 5 nitrogen and oxygen atoms in total. The van der Waals surface area contributed by atoms with E-state index in [-0.39, 0.29) is 10.9 Å². The van der Waals surface area contributed by atoms with E-state index >= 15 is 0 Å². The second-order valence-corrected chi connectivity index (χ2v) is 7.20. The van der Waals surface area contributed by atoms with Gasteiger partial charge in [-0.25, -0.2) is 9.07 Å². The molecule has 0 bridgehead atoms. The third kappa shape index (κ3) is 3.60. The van der Waals surface area contributed by atoms with Crippen molar-refractivity contribution in [1.82, 2.24) is 14.7 Å². The highest BCUT2D eigenvalue weighted by Gasteiger charge is 2.26. The smallest absolute Gasteiger partial charge is 0.272 e. The maximum absolute atomic E-state index is 13.4. The number of halogens is 2. The van der Waals surface area contributed by atoms with Crippen molar-refractivity contribution in [2.45, 2.75) is 6.92 Å². The average molecular weight is 399 g/mol. The molecule has 1 aliphatic rings. The summed E-state index contributed by atoms with van der Waals surface area (Å²) in [6.07, 6.45) is 0. The lowest BCUT2D eigenvalue weighted by atomic mass is 10.2. The molecule has 2 aromatic carbocycles. The van der Waals surface area contributed by atoms with Crippen molar-refractivity contribution >= 4 is 23.2 Å². The van der Waals surface area contributed by atoms with Gasteiger partial charge in [0.2, 0.25) is 0 Å². The molecule has 4 rings (SSSR count). The van der Waals surface area contributed by atoms with E-state index in [1.165, 1.54) is 6.07 Å². The Kier molecular flexibility index (Phi) is 5.05. The minimum atomic E-state index is -0.427. The van der Waals surface area contributed by atoms with Crippen LogP contribution >= 0.6 is 11.6 Å². The molecule has 0 radical (unpaired) electrons. The maximum atomic E-state index is 13.4. The second kappa shape index (κ2) is 7.64. The van der Waals surface area contributed by atoms with Crippen molar-refractivity contribution in [3.05, 3.63) is 76.8 Å². The number of hydrogen-bond acceptors (Lipinski definition) is 3. The number of benzene rings is 2. The molecule has 7 heteroatoms. The fourth-order valence-corrected chi connectivity index (χ4v) is 3.60. The molecule has 0 unspecified atom stereocenters. The van der Waals surface area contributed by atoms with E-state index in [1.54, 1.807) is 16.8 Å². The molecule has 28 heavy (non-hydrogen) atoms. The van der Waals surface area contributed by atoms with Gasteiger partial charge in [0.25, 0.3) is 5.91 Å². The van der Waals surface area contributed by atoms with Crippen LogP contribution < -0.4 is 4.90 Å². The first-order chi connectivity index (χ1) is 13.5. The number of nitrogens with zero attached hydrogens (tertiary/aromatic N) is 4. The minimum Gasteiger partial charge on any atom is -0.368 e. The average Bonchev–Trinajstić information content (AvgIpc) is 3.12. The zero-order valence-corrected chi connectivity index (χ0v) is 16.2. The van der Waals surface area contributed by atoms with Gasteiger partial charge >= 0.3 is 0 Å². The summed E-state index contributed by atoms with van der Waals surface area (Å²) in [5.41, 5.74) is 3.08. The molecule has 2 heterocycles. The van der Waals surface area contributed by atoms with Crippen LogP contribution in [-0.2, 0) is 0 Å². The predicted molar refractivity (Wildman–Crippen MR) is 108 cm³/mol. The lowest BCUT2D eigenvalue weighted by molar-refractivity contribution is 0.0737. The summed E-state index contributed by atoms with van der Waals surface area (Å²) in [4.78, 5) is 17.1. The van der Waals surface area contributed by atoms with Crippen LogP contribution in [0.25, 0.3) is 5.69 Å². The van der Waals surface area contributed by atoms with Crippen LogP contribution in [0.15, 0.2) is 54.6 Å². The Hall–Kier alpha value is -2.86. The highest BCUT2D eigenvalue weighted by Crippen LogP contribution is 2.24. The van der Waals surface area contributed by atoms with Crippen LogP contribution in [0, 0.1) is 12.7 Å². The number of aromatic nitrogens is 2. The van der Waals surface area contributed by atoms with Crippen LogP contribution in [0.1, 0.15) is 16.2 Å². The predicted octanol–water partition coefficient (Wildman–Crippen LogP) is 3.94. The van der Waals surface area contributed by atoms with Crippen LogP contribution in [0.4, 0.5) is 10.1 Å². The van der Waals surface area contributed by atoms with Gasteiger partial charge in [0.15, 0.2) is 0 Å². The molecule has 1 saturated heterocycles. The lowest BCUT2D eigenvalue weighted by Gasteiger charge is -2.36. The Labute approximate surface area is 167 Å². The quantitative estimate of drug-likeness (QED) is 0.671. The van der Waals surface area contributed by atoms with Crippen molar-refractivity contribution < 1.29 is 9.18 Å². The normalized spacial score (nSPS) is 14.4. The number of amides is 1. The van der Waals surface area contributed by atoms with Gasteiger partial charge in [0.1, 0.15) is 11.5 Å². The molecule has 144 valence electrons. The van der Waals surface area contributed by atoms with Crippen LogP contribution in [0.3, 0.4) is 0 Å². The highest BCUT2D eigenvalue weighted by molar-refractivity contribution is 6.31. The first-order valence-corrected chi connectivity index (χ1v) is 9.52. The Morgan fingerprint density at radius 2 is 1.71 bits per heavy atom. The largest absolute Gasteiger partial charge is 0.368 e. The van der Waals surface area contributed by atoms with E-state index in [4.69, 9.17) is 11.6 Å². The van der Waals surface area contributed by atoms with E-state index in [9.17, 15) is 9.18 Å². The first kappa shape index (κ1) is 18.5. The number of aryl methyl sites for hydroxylation is 1. The van der Waals surface area contributed by atoms with Gasteiger partial charge in [-0.3, -0.25) is 4.79 Å². The Morgan fingerprint density at radius 3 is 2.39 bits per heavy atom. The molecule has 0 N–H and O–H groups in total. The van der Waals surface area contributed by atoms with E-state index in [0.29, 0.717) is 31.9 Å². The maximum Gasteiger partial charge on any atom is 0.272 e. The summed E-state index contributed by atoms with van der Waals surface area (Å²) in [6.45, 7) is 4.35. The number of para-hydroxylation sites is 1. The van der Waals surface area contributed by atoms with Crippen LogP contribution in [0.5, 0.6) is 0 Å². The number of anilines is 1. The summed E-state index contributed by atoms with van der Waals surface area (Å²) < 4.78 is 15.1. The van der Waals surface area contributed by atoms with Crippen molar-refractivity contribution in [3.8, 4) is 5.69 Å². The fraction of sp³-hybridized carbons (Fsp3) is 0.238. The second-order valence-electron chi connectivity index (χ2n) is 6.80. The van der Waals surface area contributed by atoms with E-state index < -0.39 is 5.82 Å². The van der Waals surface area contributed by atoms with E-state index in [0.717, 1.165) is 17.1 Å². The zero-order valence-electron chi connectivity index (χ0n) is 15.5. The fourth-order valence-electron chi connectivity index (χ4n) is 3.43.